The van der Waals surface area contributed by atoms with Crippen LogP contribution in [0.3, 0.4) is 0 Å². The molecular weight excluding hydrogens is 212 g/mol. The Bertz CT molecular complexity index is 211. The Morgan fingerprint density at radius 1 is 1.41 bits per heavy atom. The number of hydrogen-bond donors (Lipinski definition) is 2. The fourth-order valence-electron chi connectivity index (χ4n) is 2.36. The van der Waals surface area contributed by atoms with Gasteiger partial charge < -0.3 is 15.3 Å². The smallest absolute Gasteiger partial charge is 0.0603 e. The van der Waals surface area contributed by atoms with Crippen LogP contribution >= 0.6 is 0 Å². The van der Waals surface area contributed by atoms with E-state index in [4.69, 9.17) is 0 Å². The molecule has 0 aliphatic carbocycles. The van der Waals surface area contributed by atoms with Gasteiger partial charge in [0.1, 0.15) is 0 Å². The van der Waals surface area contributed by atoms with Crippen LogP contribution in [0, 0.1) is 5.92 Å². The lowest BCUT2D eigenvalue weighted by molar-refractivity contribution is 0.0504. The highest BCUT2D eigenvalue weighted by Gasteiger charge is 2.21. The maximum atomic E-state index is 9.75. The van der Waals surface area contributed by atoms with E-state index in [9.17, 15) is 5.11 Å². The van der Waals surface area contributed by atoms with Crippen LogP contribution in [-0.2, 0) is 0 Å². The largest absolute Gasteiger partial charge is 0.390 e. The number of aliphatic hydroxyl groups is 1. The van der Waals surface area contributed by atoms with Gasteiger partial charge in [0.15, 0.2) is 0 Å². The molecule has 17 heavy (non-hydrogen) atoms. The molecule has 0 aromatic heterocycles. The highest BCUT2D eigenvalue weighted by atomic mass is 16.3. The van der Waals surface area contributed by atoms with Gasteiger partial charge in [-0.3, -0.25) is 0 Å². The first-order chi connectivity index (χ1) is 7.87. The Balaban J connectivity index is 2.24. The number of nitrogens with one attached hydrogen (secondary N) is 1. The van der Waals surface area contributed by atoms with E-state index in [1.807, 2.05) is 13.8 Å². The van der Waals surface area contributed by atoms with Crippen molar-refractivity contribution in [1.82, 2.24) is 10.2 Å². The summed E-state index contributed by atoms with van der Waals surface area (Å²) < 4.78 is 0. The molecule has 3 heteroatoms. The lowest BCUT2D eigenvalue weighted by atomic mass is 9.96. The number of hydrogen-bond acceptors (Lipinski definition) is 3. The maximum absolute atomic E-state index is 9.75. The number of likely N-dealkylation sites (tertiary alicyclic amines) is 1. The zero-order valence-corrected chi connectivity index (χ0v) is 12.0. The first kappa shape index (κ1) is 14.9. The molecule has 0 aromatic carbocycles. The third kappa shape index (κ3) is 7.02. The normalized spacial score (nSPS) is 23.3. The molecule has 1 saturated heterocycles. The number of nitrogens with zero attached hydrogens (tertiary/aromatic N) is 1. The molecule has 3 nitrogen and oxygen atoms in total. The van der Waals surface area contributed by atoms with Gasteiger partial charge in [-0.15, -0.1) is 0 Å². The molecule has 0 saturated carbocycles. The standard InChI is InChI=1S/C14H30N2O/c1-12(2)15-10-13-6-5-8-16(11-13)9-7-14(3,4)17/h12-13,15,17H,5-11H2,1-4H3. The van der Waals surface area contributed by atoms with Gasteiger partial charge in [-0.1, -0.05) is 13.8 Å². The summed E-state index contributed by atoms with van der Waals surface area (Å²) in [7, 11) is 0. The predicted molar refractivity (Wildman–Crippen MR) is 73.2 cm³/mol. The fraction of sp³-hybridized carbons (Fsp3) is 1.00. The summed E-state index contributed by atoms with van der Waals surface area (Å²) in [5.74, 6) is 0.785. The van der Waals surface area contributed by atoms with Crippen molar-refractivity contribution in [1.29, 1.82) is 0 Å². The average molecular weight is 242 g/mol. The van der Waals surface area contributed by atoms with E-state index in [1.165, 1.54) is 25.9 Å². The van der Waals surface area contributed by atoms with Gasteiger partial charge in [0.2, 0.25) is 0 Å². The van der Waals surface area contributed by atoms with E-state index in [1.54, 1.807) is 0 Å². The Morgan fingerprint density at radius 2 is 2.12 bits per heavy atom. The molecule has 0 spiro atoms. The average Bonchev–Trinajstić information content (AvgIpc) is 2.23. The lowest BCUT2D eigenvalue weighted by Crippen LogP contribution is -2.42. The van der Waals surface area contributed by atoms with Gasteiger partial charge in [0.05, 0.1) is 5.60 Å². The van der Waals surface area contributed by atoms with Gasteiger partial charge in [-0.2, -0.15) is 0 Å². The third-order valence-corrected chi connectivity index (χ3v) is 3.46. The van der Waals surface area contributed by atoms with Crippen LogP contribution in [0.25, 0.3) is 0 Å². The molecule has 102 valence electrons. The van der Waals surface area contributed by atoms with Crippen LogP contribution in [0.2, 0.25) is 0 Å². The van der Waals surface area contributed by atoms with Crippen LogP contribution in [0.1, 0.15) is 47.0 Å². The van der Waals surface area contributed by atoms with Crippen molar-refractivity contribution in [3.63, 3.8) is 0 Å². The third-order valence-electron chi connectivity index (χ3n) is 3.46. The van der Waals surface area contributed by atoms with Crippen LogP contribution in [0.5, 0.6) is 0 Å². The predicted octanol–water partition coefficient (Wildman–Crippen LogP) is 1.86. The summed E-state index contributed by atoms with van der Waals surface area (Å²) in [6, 6.07) is 0.585. The van der Waals surface area contributed by atoms with E-state index >= 15 is 0 Å². The Morgan fingerprint density at radius 3 is 2.71 bits per heavy atom. The summed E-state index contributed by atoms with van der Waals surface area (Å²) in [4.78, 5) is 2.51. The van der Waals surface area contributed by atoms with Gasteiger partial charge >= 0.3 is 0 Å². The van der Waals surface area contributed by atoms with E-state index in [0.29, 0.717) is 6.04 Å². The fourth-order valence-corrected chi connectivity index (χ4v) is 2.36. The Labute approximate surface area is 107 Å². The second-order valence-electron chi connectivity index (χ2n) is 6.43. The number of piperidine rings is 1. The molecule has 1 unspecified atom stereocenters. The van der Waals surface area contributed by atoms with Crippen molar-refractivity contribution in [2.45, 2.75) is 58.6 Å². The summed E-state index contributed by atoms with van der Waals surface area (Å²) in [6.07, 6.45) is 3.52. The Kier molecular flexibility index (Phi) is 5.90. The van der Waals surface area contributed by atoms with E-state index in [0.717, 1.165) is 25.4 Å². The monoisotopic (exact) mass is 242 g/mol. The molecule has 1 fully saturated rings. The lowest BCUT2D eigenvalue weighted by Gasteiger charge is -2.34. The van der Waals surface area contributed by atoms with E-state index in [2.05, 4.69) is 24.1 Å². The Hall–Kier alpha value is -0.120. The highest BCUT2D eigenvalue weighted by molar-refractivity contribution is 4.77. The minimum atomic E-state index is -0.525. The summed E-state index contributed by atoms with van der Waals surface area (Å²) in [5.41, 5.74) is -0.525. The zero-order valence-electron chi connectivity index (χ0n) is 12.0. The molecule has 1 aliphatic heterocycles. The minimum absolute atomic E-state index is 0.525. The van der Waals surface area contributed by atoms with Crippen LogP contribution in [0.15, 0.2) is 0 Å². The maximum Gasteiger partial charge on any atom is 0.0603 e. The molecule has 1 heterocycles. The van der Waals surface area contributed by atoms with Crippen molar-refractivity contribution in [3.8, 4) is 0 Å². The molecule has 1 aliphatic rings. The van der Waals surface area contributed by atoms with Crippen molar-refractivity contribution in [3.05, 3.63) is 0 Å². The molecule has 2 N–H and O–H groups in total. The van der Waals surface area contributed by atoms with E-state index in [-0.39, 0.29) is 0 Å². The van der Waals surface area contributed by atoms with Crippen molar-refractivity contribution < 1.29 is 5.11 Å². The van der Waals surface area contributed by atoms with Gasteiger partial charge in [-0.25, -0.2) is 0 Å². The van der Waals surface area contributed by atoms with Crippen molar-refractivity contribution in [2.24, 2.45) is 5.92 Å². The minimum Gasteiger partial charge on any atom is -0.390 e. The first-order valence-electron chi connectivity index (χ1n) is 7.05. The molecular formula is C14H30N2O. The molecule has 0 amide bonds. The quantitative estimate of drug-likeness (QED) is 0.746. The highest BCUT2D eigenvalue weighted by Crippen LogP contribution is 2.18. The molecule has 0 bridgehead atoms. The SMILES string of the molecule is CC(C)NCC1CCCN(CCC(C)(C)O)C1. The van der Waals surface area contributed by atoms with Gasteiger partial charge in [-0.05, 0) is 52.1 Å². The summed E-state index contributed by atoms with van der Waals surface area (Å²) in [6.45, 7) is 12.8. The van der Waals surface area contributed by atoms with Crippen molar-refractivity contribution in [2.75, 3.05) is 26.2 Å². The summed E-state index contributed by atoms with van der Waals surface area (Å²) >= 11 is 0. The van der Waals surface area contributed by atoms with E-state index < -0.39 is 5.60 Å². The molecule has 1 atom stereocenters. The molecule has 0 radical (unpaired) electrons. The summed E-state index contributed by atoms with van der Waals surface area (Å²) in [5, 5.41) is 13.3. The number of rotatable bonds is 6. The van der Waals surface area contributed by atoms with Crippen molar-refractivity contribution >= 4 is 0 Å². The van der Waals surface area contributed by atoms with Crippen LogP contribution < -0.4 is 5.32 Å². The van der Waals surface area contributed by atoms with Gasteiger partial charge in [0, 0.05) is 19.1 Å². The second kappa shape index (κ2) is 6.72. The van der Waals surface area contributed by atoms with Crippen LogP contribution in [0.4, 0.5) is 0 Å². The van der Waals surface area contributed by atoms with Gasteiger partial charge in [0.25, 0.3) is 0 Å². The zero-order chi connectivity index (χ0) is 12.9. The first-order valence-corrected chi connectivity index (χ1v) is 7.05. The molecule has 1 rings (SSSR count). The topological polar surface area (TPSA) is 35.5 Å². The second-order valence-corrected chi connectivity index (χ2v) is 6.43. The molecule has 0 aromatic rings. The van der Waals surface area contributed by atoms with Crippen LogP contribution in [-0.4, -0.2) is 47.8 Å².